The number of benzene rings is 1. The minimum Gasteiger partial charge on any atom is -0.378 e. The summed E-state index contributed by atoms with van der Waals surface area (Å²) in [6.07, 6.45) is 0. The number of hydrogen-bond donors (Lipinski definition) is 0. The number of rotatable bonds is 3. The molecule has 1 fully saturated rings. The minimum atomic E-state index is -0.433. The first-order chi connectivity index (χ1) is 8.09. The van der Waals surface area contributed by atoms with Crippen molar-refractivity contribution in [2.75, 3.05) is 27.3 Å². The molecule has 1 aromatic carbocycles. The van der Waals surface area contributed by atoms with Crippen LogP contribution in [0.25, 0.3) is 0 Å². The molecule has 0 radical (unpaired) electrons. The second-order valence-corrected chi connectivity index (χ2v) is 5.11. The quantitative estimate of drug-likeness (QED) is 0.827. The van der Waals surface area contributed by atoms with E-state index in [1.807, 2.05) is 38.4 Å². The first-order valence-corrected chi connectivity index (χ1v) is 5.88. The van der Waals surface area contributed by atoms with Crippen molar-refractivity contribution in [1.29, 1.82) is 5.26 Å². The van der Waals surface area contributed by atoms with Crippen LogP contribution >= 0.6 is 11.6 Å². The molecule has 1 aliphatic rings. The van der Waals surface area contributed by atoms with E-state index in [4.69, 9.17) is 16.3 Å². The Balaban J connectivity index is 2.36. The topological polar surface area (TPSA) is 36.3 Å². The zero-order chi connectivity index (χ0) is 12.5. The van der Waals surface area contributed by atoms with Crippen molar-refractivity contribution in [1.82, 2.24) is 4.90 Å². The highest BCUT2D eigenvalue weighted by molar-refractivity contribution is 6.30. The normalized spacial score (nSPS) is 19.5. The summed E-state index contributed by atoms with van der Waals surface area (Å²) in [6.45, 7) is 0.990. The molecule has 1 saturated heterocycles. The van der Waals surface area contributed by atoms with Gasteiger partial charge in [0.15, 0.2) is 0 Å². The van der Waals surface area contributed by atoms with E-state index in [0.29, 0.717) is 18.2 Å². The Morgan fingerprint density at radius 2 is 1.94 bits per heavy atom. The standard InChI is InChI=1S/C13H15ClN2O/c1-16(2)12(13(7-15)8-17-9-13)10-3-5-11(14)6-4-10/h3-6,12H,8-9H2,1-2H3. The molecule has 0 aliphatic carbocycles. The van der Waals surface area contributed by atoms with E-state index in [0.717, 1.165) is 5.56 Å². The van der Waals surface area contributed by atoms with Crippen LogP contribution in [0.15, 0.2) is 24.3 Å². The fourth-order valence-corrected chi connectivity index (χ4v) is 2.49. The molecule has 0 amide bonds. The summed E-state index contributed by atoms with van der Waals surface area (Å²) in [5, 5.41) is 10.1. The van der Waals surface area contributed by atoms with E-state index in [1.54, 1.807) is 0 Å². The van der Waals surface area contributed by atoms with Crippen LogP contribution in [0.4, 0.5) is 0 Å². The molecule has 0 saturated carbocycles. The van der Waals surface area contributed by atoms with Gasteiger partial charge in [0.05, 0.1) is 25.3 Å². The van der Waals surface area contributed by atoms with Crippen LogP contribution in [-0.2, 0) is 4.74 Å². The minimum absolute atomic E-state index is 0.0403. The first-order valence-electron chi connectivity index (χ1n) is 5.50. The maximum Gasteiger partial charge on any atom is 0.123 e. The van der Waals surface area contributed by atoms with Gasteiger partial charge in [0, 0.05) is 5.02 Å². The third kappa shape index (κ3) is 2.16. The zero-order valence-electron chi connectivity index (χ0n) is 9.98. The van der Waals surface area contributed by atoms with Crippen molar-refractivity contribution in [3.8, 4) is 6.07 Å². The Hall–Kier alpha value is -1.08. The van der Waals surface area contributed by atoms with E-state index in [9.17, 15) is 5.26 Å². The second-order valence-electron chi connectivity index (χ2n) is 4.68. The molecule has 17 heavy (non-hydrogen) atoms. The lowest BCUT2D eigenvalue weighted by molar-refractivity contribution is -0.115. The van der Waals surface area contributed by atoms with E-state index >= 15 is 0 Å². The van der Waals surface area contributed by atoms with Gasteiger partial charge in [-0.3, -0.25) is 0 Å². The Morgan fingerprint density at radius 1 is 1.35 bits per heavy atom. The van der Waals surface area contributed by atoms with Crippen molar-refractivity contribution in [2.24, 2.45) is 5.41 Å². The van der Waals surface area contributed by atoms with Crippen LogP contribution in [-0.4, -0.2) is 32.2 Å². The first kappa shape index (κ1) is 12.4. The van der Waals surface area contributed by atoms with Gasteiger partial charge in [-0.05, 0) is 31.8 Å². The van der Waals surface area contributed by atoms with Gasteiger partial charge in [-0.1, -0.05) is 23.7 Å². The summed E-state index contributed by atoms with van der Waals surface area (Å²) in [5.74, 6) is 0. The highest BCUT2D eigenvalue weighted by Gasteiger charge is 2.48. The van der Waals surface area contributed by atoms with Crippen LogP contribution in [0.5, 0.6) is 0 Å². The van der Waals surface area contributed by atoms with Gasteiger partial charge in [-0.25, -0.2) is 0 Å². The van der Waals surface area contributed by atoms with Crippen LogP contribution in [0.1, 0.15) is 11.6 Å². The van der Waals surface area contributed by atoms with Crippen molar-refractivity contribution in [2.45, 2.75) is 6.04 Å². The molecule has 0 bridgehead atoms. The number of nitrogens with zero attached hydrogens (tertiary/aromatic N) is 2. The van der Waals surface area contributed by atoms with E-state index in [1.165, 1.54) is 0 Å². The molecule has 1 atom stereocenters. The van der Waals surface area contributed by atoms with Gasteiger partial charge in [0.2, 0.25) is 0 Å². The number of hydrogen-bond acceptors (Lipinski definition) is 3. The van der Waals surface area contributed by atoms with Crippen molar-refractivity contribution in [3.05, 3.63) is 34.9 Å². The lowest BCUT2D eigenvalue weighted by atomic mass is 9.76. The molecule has 0 spiro atoms. The highest BCUT2D eigenvalue weighted by Crippen LogP contribution is 2.43. The van der Waals surface area contributed by atoms with E-state index < -0.39 is 5.41 Å². The summed E-state index contributed by atoms with van der Waals surface area (Å²) in [4.78, 5) is 2.06. The Morgan fingerprint density at radius 3 is 2.29 bits per heavy atom. The Kier molecular flexibility index (Phi) is 3.39. The molecular weight excluding hydrogens is 236 g/mol. The summed E-state index contributed by atoms with van der Waals surface area (Å²) < 4.78 is 5.23. The van der Waals surface area contributed by atoms with E-state index in [2.05, 4.69) is 11.0 Å². The molecule has 3 nitrogen and oxygen atoms in total. The van der Waals surface area contributed by atoms with Crippen LogP contribution in [0.2, 0.25) is 5.02 Å². The number of nitriles is 1. The number of halogens is 1. The van der Waals surface area contributed by atoms with Gasteiger partial charge >= 0.3 is 0 Å². The molecule has 1 aromatic rings. The molecule has 1 heterocycles. The fraction of sp³-hybridized carbons (Fsp3) is 0.462. The van der Waals surface area contributed by atoms with Crippen molar-refractivity contribution >= 4 is 11.6 Å². The predicted molar refractivity (Wildman–Crippen MR) is 66.7 cm³/mol. The van der Waals surface area contributed by atoms with Crippen LogP contribution in [0, 0.1) is 16.7 Å². The largest absolute Gasteiger partial charge is 0.378 e. The summed E-state index contributed by atoms with van der Waals surface area (Å²) >= 11 is 5.89. The fourth-order valence-electron chi connectivity index (χ4n) is 2.36. The molecule has 2 rings (SSSR count). The van der Waals surface area contributed by atoms with Gasteiger partial charge in [-0.2, -0.15) is 5.26 Å². The maximum atomic E-state index is 9.39. The van der Waals surface area contributed by atoms with Crippen LogP contribution in [0.3, 0.4) is 0 Å². The molecule has 90 valence electrons. The molecule has 0 aromatic heterocycles. The highest BCUT2D eigenvalue weighted by atomic mass is 35.5. The second kappa shape index (κ2) is 4.66. The lowest BCUT2D eigenvalue weighted by Gasteiger charge is -2.44. The Labute approximate surface area is 107 Å². The van der Waals surface area contributed by atoms with Crippen LogP contribution < -0.4 is 0 Å². The smallest absolute Gasteiger partial charge is 0.123 e. The lowest BCUT2D eigenvalue weighted by Crippen LogP contribution is -2.50. The van der Waals surface area contributed by atoms with Crippen molar-refractivity contribution in [3.63, 3.8) is 0 Å². The van der Waals surface area contributed by atoms with Gasteiger partial charge in [-0.15, -0.1) is 0 Å². The maximum absolute atomic E-state index is 9.39. The molecule has 0 N–H and O–H groups in total. The Bertz CT molecular complexity index is 432. The third-order valence-corrected chi connectivity index (χ3v) is 3.42. The molecular formula is C13H15ClN2O. The molecule has 1 aliphatic heterocycles. The predicted octanol–water partition coefficient (Wildman–Crippen LogP) is 2.48. The summed E-state index contributed by atoms with van der Waals surface area (Å²) in [6, 6.07) is 10.1. The van der Waals surface area contributed by atoms with Gasteiger partial charge in [0.25, 0.3) is 0 Å². The third-order valence-electron chi connectivity index (χ3n) is 3.17. The SMILES string of the molecule is CN(C)C(c1ccc(Cl)cc1)C1(C#N)COC1. The summed E-state index contributed by atoms with van der Waals surface area (Å²) in [7, 11) is 3.97. The van der Waals surface area contributed by atoms with E-state index in [-0.39, 0.29) is 6.04 Å². The van der Waals surface area contributed by atoms with Gasteiger partial charge in [0.1, 0.15) is 5.41 Å². The van der Waals surface area contributed by atoms with Gasteiger partial charge < -0.3 is 9.64 Å². The number of ether oxygens (including phenoxy) is 1. The average Bonchev–Trinajstić information content (AvgIpc) is 2.24. The average molecular weight is 251 g/mol. The monoisotopic (exact) mass is 250 g/mol. The zero-order valence-corrected chi connectivity index (χ0v) is 10.7. The van der Waals surface area contributed by atoms with Crippen molar-refractivity contribution < 1.29 is 4.74 Å². The summed E-state index contributed by atoms with van der Waals surface area (Å²) in [5.41, 5.74) is 0.668. The molecule has 1 unspecified atom stereocenters. The molecule has 4 heteroatoms.